The van der Waals surface area contributed by atoms with Crippen molar-refractivity contribution in [2.75, 3.05) is 0 Å². The van der Waals surface area contributed by atoms with Crippen molar-refractivity contribution in [3.05, 3.63) is 29.8 Å². The number of carbonyl (C=O) groups is 1. The first-order valence-electron chi connectivity index (χ1n) is 7.10. The molecule has 2 saturated heterocycles. The normalized spacial score (nSPS) is 28.9. The minimum atomic E-state index is 0.0654. The van der Waals surface area contributed by atoms with Crippen LogP contribution >= 0.6 is 0 Å². The van der Waals surface area contributed by atoms with Crippen molar-refractivity contribution in [1.29, 1.82) is 0 Å². The van der Waals surface area contributed by atoms with Gasteiger partial charge in [-0.25, -0.2) is 0 Å². The predicted molar refractivity (Wildman–Crippen MR) is 72.5 cm³/mol. The van der Waals surface area contributed by atoms with Gasteiger partial charge in [-0.2, -0.15) is 0 Å². The average molecular weight is 260 g/mol. The third-order valence-electron chi connectivity index (χ3n) is 3.95. The van der Waals surface area contributed by atoms with E-state index in [1.807, 2.05) is 38.1 Å². The molecule has 3 rings (SSSR count). The van der Waals surface area contributed by atoms with Crippen LogP contribution < -0.4 is 4.74 Å². The Kier molecular flexibility index (Phi) is 3.31. The summed E-state index contributed by atoms with van der Waals surface area (Å²) in [6, 6.07) is 7.49. The zero-order valence-corrected chi connectivity index (χ0v) is 11.5. The molecule has 1 aromatic carbocycles. The van der Waals surface area contributed by atoms with Gasteiger partial charge in [0.2, 0.25) is 0 Å². The fraction of sp³-hybridized carbons (Fsp3) is 0.562. The molecular formula is C16H20O3. The van der Waals surface area contributed by atoms with Crippen LogP contribution in [-0.4, -0.2) is 24.1 Å². The van der Waals surface area contributed by atoms with Crippen molar-refractivity contribution in [3.8, 4) is 5.75 Å². The van der Waals surface area contributed by atoms with E-state index >= 15 is 0 Å². The van der Waals surface area contributed by atoms with E-state index in [1.54, 1.807) is 0 Å². The number of fused-ring (bicyclic) bond motifs is 2. The lowest BCUT2D eigenvalue weighted by molar-refractivity contribution is 0.0743. The number of Topliss-reactive ketones (excluding diaryl/α,β-unsaturated/α-hetero) is 1. The smallest absolute Gasteiger partial charge is 0.168 e. The van der Waals surface area contributed by atoms with Crippen LogP contribution in [0.4, 0.5) is 0 Å². The topological polar surface area (TPSA) is 35.5 Å². The quantitative estimate of drug-likeness (QED) is 0.780. The van der Waals surface area contributed by atoms with Gasteiger partial charge < -0.3 is 9.47 Å². The standard InChI is InChI=1S/C16H20O3/c1-10(2)18-12-5-3-11(4-6-12)16(17)14-9-13-7-8-15(14)19-13/h3-6,10,13-15H,7-9H2,1-2H3. The summed E-state index contributed by atoms with van der Waals surface area (Å²) in [7, 11) is 0. The van der Waals surface area contributed by atoms with E-state index in [4.69, 9.17) is 9.47 Å². The number of ether oxygens (including phenoxy) is 2. The minimum absolute atomic E-state index is 0.0654. The molecule has 2 aliphatic rings. The lowest BCUT2D eigenvalue weighted by Gasteiger charge is -2.17. The summed E-state index contributed by atoms with van der Waals surface area (Å²) in [5, 5.41) is 0. The van der Waals surface area contributed by atoms with E-state index in [9.17, 15) is 4.79 Å². The molecule has 0 spiro atoms. The van der Waals surface area contributed by atoms with Crippen molar-refractivity contribution in [2.45, 2.75) is 51.4 Å². The van der Waals surface area contributed by atoms with E-state index in [1.165, 1.54) is 0 Å². The van der Waals surface area contributed by atoms with Crippen molar-refractivity contribution in [3.63, 3.8) is 0 Å². The van der Waals surface area contributed by atoms with Crippen molar-refractivity contribution in [1.82, 2.24) is 0 Å². The Labute approximate surface area is 113 Å². The summed E-state index contributed by atoms with van der Waals surface area (Å²) in [6.07, 6.45) is 3.69. The molecule has 2 aliphatic heterocycles. The molecule has 0 amide bonds. The summed E-state index contributed by atoms with van der Waals surface area (Å²) in [5.41, 5.74) is 0.775. The van der Waals surface area contributed by atoms with Gasteiger partial charge in [0.15, 0.2) is 5.78 Å². The first kappa shape index (κ1) is 12.7. The molecule has 0 N–H and O–H groups in total. The summed E-state index contributed by atoms with van der Waals surface area (Å²) < 4.78 is 11.3. The van der Waals surface area contributed by atoms with Gasteiger partial charge in [0.25, 0.3) is 0 Å². The van der Waals surface area contributed by atoms with Crippen LogP contribution in [0.2, 0.25) is 0 Å². The van der Waals surface area contributed by atoms with Gasteiger partial charge in [0, 0.05) is 5.56 Å². The van der Waals surface area contributed by atoms with E-state index in [-0.39, 0.29) is 23.9 Å². The van der Waals surface area contributed by atoms with E-state index in [0.29, 0.717) is 6.10 Å². The van der Waals surface area contributed by atoms with Crippen LogP contribution in [0.25, 0.3) is 0 Å². The van der Waals surface area contributed by atoms with Gasteiger partial charge in [-0.1, -0.05) is 0 Å². The van der Waals surface area contributed by atoms with E-state index in [0.717, 1.165) is 30.6 Å². The number of benzene rings is 1. The molecule has 1 aromatic rings. The minimum Gasteiger partial charge on any atom is -0.491 e. The lowest BCUT2D eigenvalue weighted by atomic mass is 9.84. The summed E-state index contributed by atoms with van der Waals surface area (Å²) >= 11 is 0. The van der Waals surface area contributed by atoms with Crippen LogP contribution in [0.3, 0.4) is 0 Å². The maximum Gasteiger partial charge on any atom is 0.168 e. The van der Waals surface area contributed by atoms with Gasteiger partial charge in [-0.3, -0.25) is 4.79 Å². The molecule has 2 fully saturated rings. The fourth-order valence-electron chi connectivity index (χ4n) is 3.10. The summed E-state index contributed by atoms with van der Waals surface area (Å²) in [5.74, 6) is 1.11. The second-order valence-electron chi connectivity index (χ2n) is 5.77. The average Bonchev–Trinajstić information content (AvgIpc) is 3.00. The molecule has 3 heteroatoms. The zero-order valence-electron chi connectivity index (χ0n) is 11.5. The van der Waals surface area contributed by atoms with Crippen LogP contribution in [0.5, 0.6) is 5.75 Å². The molecule has 2 heterocycles. The van der Waals surface area contributed by atoms with Crippen molar-refractivity contribution < 1.29 is 14.3 Å². The van der Waals surface area contributed by atoms with Gasteiger partial charge in [-0.15, -0.1) is 0 Å². The van der Waals surface area contributed by atoms with Crippen LogP contribution in [0.1, 0.15) is 43.5 Å². The summed E-state index contributed by atoms with van der Waals surface area (Å²) in [6.45, 7) is 3.98. The first-order chi connectivity index (χ1) is 9.13. The molecule has 3 atom stereocenters. The number of rotatable bonds is 4. The monoisotopic (exact) mass is 260 g/mol. The fourth-order valence-corrected chi connectivity index (χ4v) is 3.10. The highest BCUT2D eigenvalue weighted by atomic mass is 16.5. The second-order valence-corrected chi connectivity index (χ2v) is 5.77. The number of hydrogen-bond acceptors (Lipinski definition) is 3. The highest BCUT2D eigenvalue weighted by Gasteiger charge is 2.44. The molecule has 3 unspecified atom stereocenters. The number of ketones is 1. The predicted octanol–water partition coefficient (Wildman–Crippen LogP) is 3.22. The Morgan fingerprint density at radius 1 is 1.26 bits per heavy atom. The van der Waals surface area contributed by atoms with E-state index in [2.05, 4.69) is 0 Å². The maximum absolute atomic E-state index is 12.4. The van der Waals surface area contributed by atoms with E-state index < -0.39 is 0 Å². The van der Waals surface area contributed by atoms with Gasteiger partial charge in [0.05, 0.1) is 24.2 Å². The molecule has 19 heavy (non-hydrogen) atoms. The zero-order chi connectivity index (χ0) is 13.4. The Morgan fingerprint density at radius 2 is 2.00 bits per heavy atom. The number of carbonyl (C=O) groups excluding carboxylic acids is 1. The molecular weight excluding hydrogens is 240 g/mol. The van der Waals surface area contributed by atoms with Crippen LogP contribution in [-0.2, 0) is 4.74 Å². The lowest BCUT2D eigenvalue weighted by Crippen LogP contribution is -2.25. The Balaban J connectivity index is 1.70. The third-order valence-corrected chi connectivity index (χ3v) is 3.95. The summed E-state index contributed by atoms with van der Waals surface area (Å²) in [4.78, 5) is 12.4. The molecule has 0 radical (unpaired) electrons. The van der Waals surface area contributed by atoms with Crippen molar-refractivity contribution >= 4 is 5.78 Å². The first-order valence-corrected chi connectivity index (χ1v) is 7.10. The SMILES string of the molecule is CC(C)Oc1ccc(C(=O)C2CC3CCC2O3)cc1. The largest absolute Gasteiger partial charge is 0.491 e. The van der Waals surface area contributed by atoms with Gasteiger partial charge >= 0.3 is 0 Å². The van der Waals surface area contributed by atoms with Gasteiger partial charge in [-0.05, 0) is 57.4 Å². The highest BCUT2D eigenvalue weighted by Crippen LogP contribution is 2.40. The van der Waals surface area contributed by atoms with Crippen molar-refractivity contribution in [2.24, 2.45) is 5.92 Å². The molecule has 0 aromatic heterocycles. The second kappa shape index (κ2) is 4.97. The molecule has 3 nitrogen and oxygen atoms in total. The van der Waals surface area contributed by atoms with Crippen LogP contribution in [0.15, 0.2) is 24.3 Å². The Hall–Kier alpha value is -1.35. The molecule has 102 valence electrons. The highest BCUT2D eigenvalue weighted by molar-refractivity contribution is 5.98. The Morgan fingerprint density at radius 3 is 2.53 bits per heavy atom. The Bertz CT molecular complexity index is 463. The molecule has 2 bridgehead atoms. The van der Waals surface area contributed by atoms with Crippen LogP contribution in [0, 0.1) is 5.92 Å². The molecule has 0 aliphatic carbocycles. The number of hydrogen-bond donors (Lipinski definition) is 0. The van der Waals surface area contributed by atoms with Gasteiger partial charge in [0.1, 0.15) is 5.75 Å². The third kappa shape index (κ3) is 2.52. The molecule has 0 saturated carbocycles. The maximum atomic E-state index is 12.4.